The Balaban J connectivity index is 1.65. The van der Waals surface area contributed by atoms with Gasteiger partial charge in [0.2, 0.25) is 5.95 Å². The quantitative estimate of drug-likeness (QED) is 0.166. The van der Waals surface area contributed by atoms with Gasteiger partial charge in [-0.15, -0.1) is 0 Å². The number of ether oxygens (including phenoxy) is 2. The molecular formula is C32H33N3O5. The number of methoxy groups -OCH3 is 1. The number of Topliss-reactive ketones (excluding diaryl/α,β-unsaturated/α-hetero) is 1. The largest absolute Gasteiger partial charge is 0.507 e. The molecule has 1 aliphatic heterocycles. The topological polar surface area (TPSA) is 105 Å². The molecule has 1 aromatic heterocycles. The summed E-state index contributed by atoms with van der Waals surface area (Å²) in [5, 5.41) is 11.5. The molecule has 1 amide bonds. The van der Waals surface area contributed by atoms with Crippen LogP contribution >= 0.6 is 0 Å². The molecule has 1 aliphatic rings. The summed E-state index contributed by atoms with van der Waals surface area (Å²) in [4.78, 5) is 36.3. The number of ketones is 1. The summed E-state index contributed by atoms with van der Waals surface area (Å²) in [6.45, 7) is 10.6. The van der Waals surface area contributed by atoms with E-state index < -0.39 is 17.7 Å². The van der Waals surface area contributed by atoms with E-state index in [4.69, 9.17) is 9.47 Å². The van der Waals surface area contributed by atoms with Crippen LogP contribution in [0.5, 0.6) is 11.5 Å². The number of amides is 1. The Morgan fingerprint density at radius 1 is 1.00 bits per heavy atom. The van der Waals surface area contributed by atoms with Crippen molar-refractivity contribution in [3.05, 3.63) is 88.0 Å². The zero-order chi connectivity index (χ0) is 28.7. The predicted octanol–water partition coefficient (Wildman–Crippen LogP) is 6.16. The van der Waals surface area contributed by atoms with Crippen molar-refractivity contribution in [3.63, 3.8) is 0 Å². The Labute approximate surface area is 233 Å². The van der Waals surface area contributed by atoms with E-state index in [1.165, 1.54) is 4.90 Å². The number of hydrogen-bond acceptors (Lipinski definition) is 6. The molecule has 206 valence electrons. The number of aliphatic hydroxyl groups excluding tert-OH is 1. The molecule has 1 atom stereocenters. The van der Waals surface area contributed by atoms with E-state index in [0.29, 0.717) is 40.7 Å². The maximum Gasteiger partial charge on any atom is 0.302 e. The van der Waals surface area contributed by atoms with Crippen LogP contribution in [0.2, 0.25) is 0 Å². The highest BCUT2D eigenvalue weighted by Crippen LogP contribution is 2.42. The van der Waals surface area contributed by atoms with Crippen LogP contribution in [-0.2, 0) is 9.59 Å². The molecule has 4 aromatic rings. The van der Waals surface area contributed by atoms with Crippen molar-refractivity contribution in [1.29, 1.82) is 0 Å². The lowest BCUT2D eigenvalue weighted by Gasteiger charge is -2.23. The number of fused-ring (bicyclic) bond motifs is 1. The van der Waals surface area contributed by atoms with Gasteiger partial charge in [0, 0.05) is 5.56 Å². The second-order valence-corrected chi connectivity index (χ2v) is 10.6. The monoisotopic (exact) mass is 539 g/mol. The highest BCUT2D eigenvalue weighted by Gasteiger charge is 2.48. The van der Waals surface area contributed by atoms with Crippen molar-refractivity contribution in [2.75, 3.05) is 18.6 Å². The number of aliphatic hydroxyl groups is 1. The van der Waals surface area contributed by atoms with Gasteiger partial charge in [-0.1, -0.05) is 26.0 Å². The molecule has 0 bridgehead atoms. The van der Waals surface area contributed by atoms with Crippen LogP contribution in [0.4, 0.5) is 5.95 Å². The molecule has 8 heteroatoms. The predicted molar refractivity (Wildman–Crippen MR) is 155 cm³/mol. The molecule has 1 fully saturated rings. The number of anilines is 1. The smallest absolute Gasteiger partial charge is 0.302 e. The molecule has 8 nitrogen and oxygen atoms in total. The Morgan fingerprint density at radius 3 is 2.35 bits per heavy atom. The second-order valence-electron chi connectivity index (χ2n) is 10.6. The number of H-pyrrole nitrogens is 1. The Morgan fingerprint density at radius 2 is 1.70 bits per heavy atom. The minimum absolute atomic E-state index is 0.0155. The van der Waals surface area contributed by atoms with E-state index in [0.717, 1.165) is 22.2 Å². The van der Waals surface area contributed by atoms with Crippen LogP contribution in [0.3, 0.4) is 0 Å². The zero-order valence-corrected chi connectivity index (χ0v) is 23.5. The number of carbonyl (C=O) groups excluding carboxylic acids is 2. The molecule has 40 heavy (non-hydrogen) atoms. The van der Waals surface area contributed by atoms with Gasteiger partial charge >= 0.3 is 5.91 Å². The highest BCUT2D eigenvalue weighted by atomic mass is 16.5. The van der Waals surface area contributed by atoms with Crippen molar-refractivity contribution < 1.29 is 24.2 Å². The molecular weight excluding hydrogens is 506 g/mol. The first kappa shape index (κ1) is 27.0. The lowest BCUT2D eigenvalue weighted by atomic mass is 9.95. The standard InChI is InChI=1S/C32H33N3O5/c1-17(2)16-40-26-12-9-22(13-20(26)5)29(36)27-28(21-7-10-23(39-6)11-8-21)35(31(38)30(27)37)32-33-24-14-18(3)19(4)15-25(24)34-32/h7-15,17,28,36H,16H2,1-6H3,(H,33,34)/b29-27+. The number of imidazole rings is 1. The summed E-state index contributed by atoms with van der Waals surface area (Å²) in [6.07, 6.45) is 0. The average Bonchev–Trinajstić information content (AvgIpc) is 3.44. The summed E-state index contributed by atoms with van der Waals surface area (Å²) in [5.74, 6) is 0.0956. The van der Waals surface area contributed by atoms with Gasteiger partial charge in [0.05, 0.1) is 36.4 Å². The van der Waals surface area contributed by atoms with Crippen LogP contribution in [0, 0.1) is 26.7 Å². The average molecular weight is 540 g/mol. The van der Waals surface area contributed by atoms with Gasteiger partial charge in [0.1, 0.15) is 17.3 Å². The number of carbonyl (C=O) groups is 2. The molecule has 2 heterocycles. The molecule has 0 spiro atoms. The lowest BCUT2D eigenvalue weighted by Crippen LogP contribution is -2.30. The number of rotatable bonds is 7. The Bertz CT molecular complexity index is 1610. The summed E-state index contributed by atoms with van der Waals surface area (Å²) in [5.41, 5.74) is 5.41. The van der Waals surface area contributed by atoms with E-state index in [2.05, 4.69) is 23.8 Å². The highest BCUT2D eigenvalue weighted by molar-refractivity contribution is 6.51. The maximum atomic E-state index is 13.6. The molecule has 0 radical (unpaired) electrons. The van der Waals surface area contributed by atoms with Crippen molar-refractivity contribution in [2.24, 2.45) is 5.92 Å². The lowest BCUT2D eigenvalue weighted by molar-refractivity contribution is -0.132. The van der Waals surface area contributed by atoms with Crippen molar-refractivity contribution in [2.45, 2.75) is 40.7 Å². The number of hydrogen-bond donors (Lipinski definition) is 2. The van der Waals surface area contributed by atoms with Crippen LogP contribution in [-0.4, -0.2) is 40.5 Å². The SMILES string of the molecule is COc1ccc(C2/C(=C(\O)c3ccc(OCC(C)C)c(C)c3)C(=O)C(=O)N2c2nc3cc(C)c(C)cc3[nH]2)cc1. The molecule has 5 rings (SSSR count). The molecule has 2 N–H and O–H groups in total. The molecule has 0 saturated carbocycles. The summed E-state index contributed by atoms with van der Waals surface area (Å²) in [6, 6.07) is 15.3. The van der Waals surface area contributed by atoms with E-state index in [-0.39, 0.29) is 17.3 Å². The van der Waals surface area contributed by atoms with Crippen molar-refractivity contribution in [3.8, 4) is 11.5 Å². The van der Waals surface area contributed by atoms with Gasteiger partial charge in [-0.05, 0) is 91.4 Å². The van der Waals surface area contributed by atoms with Crippen molar-refractivity contribution in [1.82, 2.24) is 9.97 Å². The van der Waals surface area contributed by atoms with E-state index >= 15 is 0 Å². The number of aromatic nitrogens is 2. The fourth-order valence-corrected chi connectivity index (χ4v) is 4.89. The van der Waals surface area contributed by atoms with Gasteiger partial charge in [-0.3, -0.25) is 14.5 Å². The first-order chi connectivity index (χ1) is 19.1. The number of nitrogens with zero attached hydrogens (tertiary/aromatic N) is 2. The molecule has 1 saturated heterocycles. The number of aromatic amines is 1. The fraction of sp³-hybridized carbons (Fsp3) is 0.281. The first-order valence-corrected chi connectivity index (χ1v) is 13.2. The maximum absolute atomic E-state index is 13.6. The normalized spacial score (nSPS) is 16.8. The third-order valence-corrected chi connectivity index (χ3v) is 7.21. The number of benzene rings is 3. The van der Waals surface area contributed by atoms with Crippen LogP contribution in [0.25, 0.3) is 16.8 Å². The summed E-state index contributed by atoms with van der Waals surface area (Å²) in [7, 11) is 1.57. The van der Waals surface area contributed by atoms with Gasteiger partial charge in [0.25, 0.3) is 5.78 Å². The number of aryl methyl sites for hydroxylation is 3. The first-order valence-electron chi connectivity index (χ1n) is 13.2. The van der Waals surface area contributed by atoms with E-state index in [1.807, 2.05) is 32.9 Å². The van der Waals surface area contributed by atoms with Crippen LogP contribution in [0.15, 0.2) is 60.2 Å². The van der Waals surface area contributed by atoms with Gasteiger partial charge in [0.15, 0.2) is 0 Å². The third kappa shape index (κ3) is 4.81. The van der Waals surface area contributed by atoms with E-state index in [9.17, 15) is 14.7 Å². The van der Waals surface area contributed by atoms with Gasteiger partial charge in [-0.25, -0.2) is 4.98 Å². The van der Waals surface area contributed by atoms with Gasteiger partial charge < -0.3 is 19.6 Å². The zero-order valence-electron chi connectivity index (χ0n) is 23.5. The molecule has 3 aromatic carbocycles. The Kier molecular flexibility index (Phi) is 7.10. The van der Waals surface area contributed by atoms with Crippen molar-refractivity contribution >= 4 is 34.4 Å². The van der Waals surface area contributed by atoms with Crippen LogP contribution in [0.1, 0.15) is 47.7 Å². The third-order valence-electron chi connectivity index (χ3n) is 7.21. The summed E-state index contributed by atoms with van der Waals surface area (Å²) >= 11 is 0. The number of nitrogens with one attached hydrogen (secondary N) is 1. The fourth-order valence-electron chi connectivity index (χ4n) is 4.89. The van der Waals surface area contributed by atoms with Gasteiger partial charge in [-0.2, -0.15) is 0 Å². The molecule has 1 unspecified atom stereocenters. The second kappa shape index (κ2) is 10.5. The minimum atomic E-state index is -0.911. The Hall–Kier alpha value is -4.59. The minimum Gasteiger partial charge on any atom is -0.507 e. The van der Waals surface area contributed by atoms with E-state index in [1.54, 1.807) is 49.6 Å². The molecule has 0 aliphatic carbocycles. The van der Waals surface area contributed by atoms with Crippen LogP contribution < -0.4 is 14.4 Å². The summed E-state index contributed by atoms with van der Waals surface area (Å²) < 4.78 is 11.2.